The van der Waals surface area contributed by atoms with Crippen molar-refractivity contribution in [3.63, 3.8) is 0 Å². The van der Waals surface area contributed by atoms with E-state index in [4.69, 9.17) is 4.74 Å². The van der Waals surface area contributed by atoms with Gasteiger partial charge in [0.05, 0.1) is 6.04 Å². The normalized spacial score (nSPS) is 13.4. The van der Waals surface area contributed by atoms with Gasteiger partial charge in [0, 0.05) is 12.5 Å². The van der Waals surface area contributed by atoms with E-state index in [1.807, 2.05) is 66.0 Å². The van der Waals surface area contributed by atoms with E-state index < -0.39 is 18.1 Å². The Balaban J connectivity index is 1.97. The largest absolute Gasteiger partial charge is 0.480 e. The number of nitrogens with one attached hydrogen (secondary N) is 1. The third-order valence-corrected chi connectivity index (χ3v) is 5.79. The van der Waals surface area contributed by atoms with Crippen molar-refractivity contribution in [1.29, 1.82) is 0 Å². The van der Waals surface area contributed by atoms with Gasteiger partial charge in [-0.1, -0.05) is 60.7 Å². The number of carboxylic acids is 1. The molecule has 0 amide bonds. The first-order chi connectivity index (χ1) is 13.1. The highest BCUT2D eigenvalue weighted by Gasteiger charge is 2.34. The maximum absolute atomic E-state index is 12.1. The van der Waals surface area contributed by atoms with E-state index >= 15 is 0 Å². The Morgan fingerprint density at radius 3 is 2.07 bits per heavy atom. The Morgan fingerprint density at radius 1 is 1.11 bits per heavy atom. The quantitative estimate of drug-likeness (QED) is 0.535. The van der Waals surface area contributed by atoms with Crippen LogP contribution in [0.25, 0.3) is 0 Å². The van der Waals surface area contributed by atoms with Gasteiger partial charge in [-0.3, -0.25) is 10.1 Å². The number of carboxylic acid groups (broad SMARTS) is 1. The van der Waals surface area contributed by atoms with E-state index in [-0.39, 0.29) is 6.04 Å². The van der Waals surface area contributed by atoms with E-state index in [0.717, 1.165) is 11.1 Å². The Hall–Kier alpha value is -2.06. The van der Waals surface area contributed by atoms with Crippen LogP contribution in [0.4, 0.5) is 0 Å². The van der Waals surface area contributed by atoms with E-state index in [1.54, 1.807) is 0 Å². The summed E-state index contributed by atoms with van der Waals surface area (Å²) in [5.41, 5.74) is 1.95. The zero-order valence-electron chi connectivity index (χ0n) is 14.6. The molecule has 0 radical (unpaired) electrons. The van der Waals surface area contributed by atoms with Crippen LogP contribution in [0.1, 0.15) is 28.3 Å². The lowest BCUT2D eigenvalue weighted by Crippen LogP contribution is -2.44. The van der Waals surface area contributed by atoms with Crippen LogP contribution in [0.15, 0.2) is 70.6 Å². The van der Waals surface area contributed by atoms with Gasteiger partial charge in [0.25, 0.3) is 0 Å². The van der Waals surface area contributed by atoms with Gasteiger partial charge in [0.1, 0.15) is 21.8 Å². The maximum Gasteiger partial charge on any atom is 0.323 e. The second-order valence-electron chi connectivity index (χ2n) is 5.90. The first-order valence-corrected chi connectivity index (χ1v) is 10.00. The van der Waals surface area contributed by atoms with Gasteiger partial charge in [-0.2, -0.15) is 0 Å². The van der Waals surface area contributed by atoms with Crippen molar-refractivity contribution in [2.75, 3.05) is 7.11 Å². The van der Waals surface area contributed by atoms with Crippen molar-refractivity contribution in [1.82, 2.24) is 10.3 Å². The highest BCUT2D eigenvalue weighted by atomic mass is 79.9. The van der Waals surface area contributed by atoms with E-state index in [2.05, 4.69) is 26.2 Å². The third kappa shape index (κ3) is 4.81. The number of ether oxygens (including phenoxy) is 1. The SMILES string of the molecule is CO[C@H](c1nc(Br)cs1)[C@H](NC(c1ccccc1)c1ccccc1)C(=O)O. The van der Waals surface area contributed by atoms with Crippen LogP contribution >= 0.6 is 27.3 Å². The molecule has 0 fully saturated rings. The van der Waals surface area contributed by atoms with Crippen LogP contribution in [0.2, 0.25) is 0 Å². The van der Waals surface area contributed by atoms with Gasteiger partial charge in [0.15, 0.2) is 0 Å². The third-order valence-electron chi connectivity index (χ3n) is 4.17. The molecule has 0 aliphatic rings. The first kappa shape index (κ1) is 19.7. The highest BCUT2D eigenvalue weighted by Crippen LogP contribution is 2.30. The summed E-state index contributed by atoms with van der Waals surface area (Å²) in [6, 6.07) is 18.3. The number of hydrogen-bond acceptors (Lipinski definition) is 5. The lowest BCUT2D eigenvalue weighted by Gasteiger charge is -2.28. The molecule has 2 atom stereocenters. The average Bonchev–Trinajstić information content (AvgIpc) is 3.12. The number of carbonyl (C=O) groups is 1. The molecule has 1 heterocycles. The molecule has 0 saturated carbocycles. The molecule has 3 rings (SSSR count). The molecule has 1 aromatic heterocycles. The molecule has 3 aromatic rings. The molecular formula is C20H19BrN2O3S. The van der Waals surface area contributed by atoms with Crippen molar-refractivity contribution in [2.45, 2.75) is 18.2 Å². The van der Waals surface area contributed by atoms with Crippen molar-refractivity contribution in [2.24, 2.45) is 0 Å². The smallest absolute Gasteiger partial charge is 0.323 e. The van der Waals surface area contributed by atoms with Crippen LogP contribution in [0, 0.1) is 0 Å². The van der Waals surface area contributed by atoms with Gasteiger partial charge in [-0.25, -0.2) is 4.98 Å². The summed E-state index contributed by atoms with van der Waals surface area (Å²) >= 11 is 4.68. The topological polar surface area (TPSA) is 71.5 Å². The number of aliphatic carboxylic acids is 1. The number of thiazole rings is 1. The summed E-state index contributed by atoms with van der Waals surface area (Å²) < 4.78 is 6.19. The van der Waals surface area contributed by atoms with Crippen LogP contribution in [0.3, 0.4) is 0 Å². The van der Waals surface area contributed by atoms with Crippen LogP contribution < -0.4 is 5.32 Å². The minimum Gasteiger partial charge on any atom is -0.480 e. The van der Waals surface area contributed by atoms with E-state index in [1.165, 1.54) is 18.4 Å². The van der Waals surface area contributed by atoms with Gasteiger partial charge in [0.2, 0.25) is 0 Å². The molecule has 27 heavy (non-hydrogen) atoms. The molecular weight excluding hydrogens is 428 g/mol. The van der Waals surface area contributed by atoms with Crippen LogP contribution in [-0.4, -0.2) is 29.2 Å². The van der Waals surface area contributed by atoms with Crippen LogP contribution in [-0.2, 0) is 9.53 Å². The van der Waals surface area contributed by atoms with E-state index in [9.17, 15) is 9.90 Å². The van der Waals surface area contributed by atoms with Crippen molar-refractivity contribution >= 4 is 33.2 Å². The molecule has 140 valence electrons. The van der Waals surface area contributed by atoms with Crippen molar-refractivity contribution in [3.05, 3.63) is 86.8 Å². The fraction of sp³-hybridized carbons (Fsp3) is 0.200. The number of halogens is 1. The summed E-state index contributed by atoms with van der Waals surface area (Å²) in [7, 11) is 1.50. The molecule has 2 N–H and O–H groups in total. The fourth-order valence-electron chi connectivity index (χ4n) is 2.92. The molecule has 0 saturated heterocycles. The van der Waals surface area contributed by atoms with Gasteiger partial charge < -0.3 is 9.84 Å². The zero-order chi connectivity index (χ0) is 19.2. The molecule has 0 aliphatic carbocycles. The molecule has 0 aliphatic heterocycles. The van der Waals surface area contributed by atoms with Crippen molar-refractivity contribution < 1.29 is 14.6 Å². The number of methoxy groups -OCH3 is 1. The maximum atomic E-state index is 12.1. The molecule has 0 unspecified atom stereocenters. The zero-order valence-corrected chi connectivity index (χ0v) is 17.0. The number of rotatable bonds is 8. The van der Waals surface area contributed by atoms with Gasteiger partial charge in [-0.15, -0.1) is 11.3 Å². The minimum absolute atomic E-state index is 0.297. The summed E-state index contributed by atoms with van der Waals surface area (Å²) in [6.07, 6.45) is -0.714. The van der Waals surface area contributed by atoms with Crippen LogP contribution in [0.5, 0.6) is 0 Å². The van der Waals surface area contributed by atoms with E-state index in [0.29, 0.717) is 9.61 Å². The molecule has 0 spiro atoms. The lowest BCUT2D eigenvalue weighted by molar-refractivity contribution is -0.143. The monoisotopic (exact) mass is 446 g/mol. The molecule has 0 bridgehead atoms. The number of nitrogens with zero attached hydrogens (tertiary/aromatic N) is 1. The molecule has 5 nitrogen and oxygen atoms in total. The number of benzene rings is 2. The fourth-order valence-corrected chi connectivity index (χ4v) is 4.30. The standard InChI is InChI=1S/C20H19BrN2O3S/c1-26-18(19-22-15(21)12-27-19)17(20(24)25)23-16(13-8-4-2-5-9-13)14-10-6-3-7-11-14/h2-12,16-18,23H,1H3,(H,24,25)/t17-,18-/m0/s1. The molecule has 7 heteroatoms. The number of aromatic nitrogens is 1. The van der Waals surface area contributed by atoms with Crippen molar-refractivity contribution in [3.8, 4) is 0 Å². The predicted octanol–water partition coefficient (Wildman–Crippen LogP) is 4.43. The van der Waals surface area contributed by atoms with Gasteiger partial charge in [-0.05, 0) is 27.1 Å². The predicted molar refractivity (Wildman–Crippen MR) is 109 cm³/mol. The summed E-state index contributed by atoms with van der Waals surface area (Å²) in [5, 5.41) is 15.6. The lowest BCUT2D eigenvalue weighted by atomic mass is 9.97. The summed E-state index contributed by atoms with van der Waals surface area (Å²) in [6.45, 7) is 0. The summed E-state index contributed by atoms with van der Waals surface area (Å²) in [5.74, 6) is -0.995. The minimum atomic E-state index is -0.995. The average molecular weight is 447 g/mol. The summed E-state index contributed by atoms with van der Waals surface area (Å²) in [4.78, 5) is 16.4. The Morgan fingerprint density at radius 2 is 1.67 bits per heavy atom. The highest BCUT2D eigenvalue weighted by molar-refractivity contribution is 9.10. The Labute approximate surface area is 170 Å². The Bertz CT molecular complexity index is 834. The van der Waals surface area contributed by atoms with Gasteiger partial charge >= 0.3 is 5.97 Å². The molecule has 2 aromatic carbocycles. The Kier molecular flexibility index (Phi) is 6.73. The second-order valence-corrected chi connectivity index (χ2v) is 7.60. The number of hydrogen-bond donors (Lipinski definition) is 2. The second kappa shape index (κ2) is 9.23. The first-order valence-electron chi connectivity index (χ1n) is 8.32.